The molecule has 0 aromatic carbocycles. The topological polar surface area (TPSA) is 61.8 Å². The molecule has 2 N–H and O–H groups in total. The molecule has 2 heterocycles. The number of aromatic nitrogens is 3. The molecular formula is C13H17N3O. The fourth-order valence-electron chi connectivity index (χ4n) is 1.79. The second-order valence-electron chi connectivity index (χ2n) is 4.43. The summed E-state index contributed by atoms with van der Waals surface area (Å²) in [6.07, 6.45) is 5.51. The van der Waals surface area contributed by atoms with Gasteiger partial charge in [0, 0.05) is 30.1 Å². The van der Waals surface area contributed by atoms with E-state index in [1.807, 2.05) is 24.5 Å². The Hall–Kier alpha value is -1.68. The Morgan fingerprint density at radius 2 is 2.18 bits per heavy atom. The highest BCUT2D eigenvalue weighted by atomic mass is 16.3. The van der Waals surface area contributed by atoms with E-state index < -0.39 is 0 Å². The maximum absolute atomic E-state index is 9.39. The van der Waals surface area contributed by atoms with Gasteiger partial charge < -0.3 is 10.1 Å². The lowest BCUT2D eigenvalue weighted by molar-refractivity contribution is 0.232. The lowest BCUT2D eigenvalue weighted by Gasteiger charge is -2.16. The van der Waals surface area contributed by atoms with Crippen LogP contribution in [0.1, 0.15) is 25.6 Å². The summed E-state index contributed by atoms with van der Waals surface area (Å²) >= 11 is 0. The van der Waals surface area contributed by atoms with E-state index in [1.165, 1.54) is 0 Å². The van der Waals surface area contributed by atoms with Crippen LogP contribution in [-0.2, 0) is 0 Å². The molecule has 0 spiro atoms. The van der Waals surface area contributed by atoms with Gasteiger partial charge in [-0.2, -0.15) is 0 Å². The highest BCUT2D eigenvalue weighted by Crippen LogP contribution is 2.23. The first kappa shape index (κ1) is 11.8. The first-order valence-corrected chi connectivity index (χ1v) is 5.79. The standard InChI is InChI=1S/C13H17N3O/c1-9(2)11(8-17)13-15-6-4-12(16-13)10-3-5-14-7-10/h3-7,9,11,14,17H,8H2,1-2H3. The molecule has 0 aliphatic rings. The van der Waals surface area contributed by atoms with Crippen molar-refractivity contribution >= 4 is 0 Å². The molecule has 1 unspecified atom stereocenters. The molecule has 0 saturated carbocycles. The Bertz CT molecular complexity index is 465. The van der Waals surface area contributed by atoms with Crippen LogP contribution in [0.4, 0.5) is 0 Å². The molecular weight excluding hydrogens is 214 g/mol. The van der Waals surface area contributed by atoms with Gasteiger partial charge in [-0.15, -0.1) is 0 Å². The van der Waals surface area contributed by atoms with Gasteiger partial charge in [0.25, 0.3) is 0 Å². The number of hydrogen-bond donors (Lipinski definition) is 2. The number of aromatic amines is 1. The maximum Gasteiger partial charge on any atom is 0.134 e. The summed E-state index contributed by atoms with van der Waals surface area (Å²) in [6.45, 7) is 4.20. The number of aliphatic hydroxyl groups is 1. The van der Waals surface area contributed by atoms with Crippen molar-refractivity contribution in [3.8, 4) is 11.3 Å². The van der Waals surface area contributed by atoms with Crippen molar-refractivity contribution in [3.63, 3.8) is 0 Å². The monoisotopic (exact) mass is 231 g/mol. The number of nitrogens with one attached hydrogen (secondary N) is 1. The van der Waals surface area contributed by atoms with Gasteiger partial charge in [-0.3, -0.25) is 0 Å². The van der Waals surface area contributed by atoms with Gasteiger partial charge in [0.1, 0.15) is 5.82 Å². The third kappa shape index (κ3) is 2.53. The van der Waals surface area contributed by atoms with Gasteiger partial charge in [0.2, 0.25) is 0 Å². The molecule has 17 heavy (non-hydrogen) atoms. The Kier molecular flexibility index (Phi) is 3.54. The average Bonchev–Trinajstić information content (AvgIpc) is 2.83. The summed E-state index contributed by atoms with van der Waals surface area (Å²) in [5.41, 5.74) is 1.92. The van der Waals surface area contributed by atoms with E-state index >= 15 is 0 Å². The fraction of sp³-hybridized carbons (Fsp3) is 0.385. The van der Waals surface area contributed by atoms with Crippen molar-refractivity contribution in [2.45, 2.75) is 19.8 Å². The molecule has 4 heteroatoms. The van der Waals surface area contributed by atoms with E-state index in [2.05, 4.69) is 28.8 Å². The summed E-state index contributed by atoms with van der Waals surface area (Å²) < 4.78 is 0. The molecule has 0 fully saturated rings. The average molecular weight is 231 g/mol. The van der Waals surface area contributed by atoms with Crippen LogP contribution in [0.3, 0.4) is 0 Å². The first-order valence-electron chi connectivity index (χ1n) is 5.79. The highest BCUT2D eigenvalue weighted by Gasteiger charge is 2.18. The Balaban J connectivity index is 2.34. The lowest BCUT2D eigenvalue weighted by atomic mass is 9.96. The zero-order valence-electron chi connectivity index (χ0n) is 10.1. The van der Waals surface area contributed by atoms with Crippen LogP contribution >= 0.6 is 0 Å². The van der Waals surface area contributed by atoms with E-state index in [-0.39, 0.29) is 12.5 Å². The maximum atomic E-state index is 9.39. The third-order valence-electron chi connectivity index (χ3n) is 2.90. The van der Waals surface area contributed by atoms with Gasteiger partial charge >= 0.3 is 0 Å². The zero-order valence-corrected chi connectivity index (χ0v) is 10.1. The largest absolute Gasteiger partial charge is 0.396 e. The van der Waals surface area contributed by atoms with E-state index in [0.29, 0.717) is 11.7 Å². The van der Waals surface area contributed by atoms with Crippen molar-refractivity contribution in [2.24, 2.45) is 5.92 Å². The quantitative estimate of drug-likeness (QED) is 0.848. The second kappa shape index (κ2) is 5.10. The van der Waals surface area contributed by atoms with Gasteiger partial charge in [0.05, 0.1) is 12.3 Å². The number of nitrogens with zero attached hydrogens (tertiary/aromatic N) is 2. The van der Waals surface area contributed by atoms with Crippen molar-refractivity contribution in [1.82, 2.24) is 15.0 Å². The number of rotatable bonds is 4. The van der Waals surface area contributed by atoms with E-state index in [0.717, 1.165) is 11.3 Å². The number of hydrogen-bond acceptors (Lipinski definition) is 3. The second-order valence-corrected chi connectivity index (χ2v) is 4.43. The molecule has 0 saturated heterocycles. The summed E-state index contributed by atoms with van der Waals surface area (Å²) in [4.78, 5) is 11.8. The SMILES string of the molecule is CC(C)C(CO)c1nccc(-c2cc[nH]c2)n1. The minimum atomic E-state index is -0.00566. The van der Waals surface area contributed by atoms with E-state index in [4.69, 9.17) is 0 Å². The van der Waals surface area contributed by atoms with E-state index in [9.17, 15) is 5.11 Å². The van der Waals surface area contributed by atoms with Gasteiger partial charge in [0.15, 0.2) is 0 Å². The highest BCUT2D eigenvalue weighted by molar-refractivity contribution is 5.57. The Labute approximate surface area is 101 Å². The smallest absolute Gasteiger partial charge is 0.134 e. The van der Waals surface area contributed by atoms with Crippen LogP contribution in [0.25, 0.3) is 11.3 Å². The minimum absolute atomic E-state index is 0.00566. The molecule has 2 aromatic rings. The van der Waals surface area contributed by atoms with Crippen molar-refractivity contribution < 1.29 is 5.11 Å². The number of aliphatic hydroxyl groups excluding tert-OH is 1. The van der Waals surface area contributed by atoms with Crippen LogP contribution in [0.2, 0.25) is 0 Å². The molecule has 1 atom stereocenters. The summed E-state index contributed by atoms with van der Waals surface area (Å²) in [7, 11) is 0. The molecule has 2 aromatic heterocycles. The van der Waals surface area contributed by atoms with E-state index in [1.54, 1.807) is 6.20 Å². The van der Waals surface area contributed by atoms with Crippen LogP contribution in [0.5, 0.6) is 0 Å². The molecule has 90 valence electrons. The van der Waals surface area contributed by atoms with Crippen molar-refractivity contribution in [3.05, 3.63) is 36.5 Å². The Morgan fingerprint density at radius 3 is 2.76 bits per heavy atom. The van der Waals surface area contributed by atoms with Gasteiger partial charge in [-0.1, -0.05) is 13.8 Å². The Morgan fingerprint density at radius 1 is 1.35 bits per heavy atom. The molecule has 0 aliphatic carbocycles. The normalized spacial score (nSPS) is 12.9. The predicted octanol–water partition coefficient (Wildman–Crippen LogP) is 2.20. The van der Waals surface area contributed by atoms with Crippen LogP contribution in [-0.4, -0.2) is 26.7 Å². The van der Waals surface area contributed by atoms with Gasteiger partial charge in [-0.25, -0.2) is 9.97 Å². The predicted molar refractivity (Wildman–Crippen MR) is 66.5 cm³/mol. The zero-order chi connectivity index (χ0) is 12.3. The third-order valence-corrected chi connectivity index (χ3v) is 2.90. The number of H-pyrrole nitrogens is 1. The van der Waals surface area contributed by atoms with Gasteiger partial charge in [-0.05, 0) is 18.1 Å². The summed E-state index contributed by atoms with van der Waals surface area (Å²) in [5.74, 6) is 1.02. The fourth-order valence-corrected chi connectivity index (χ4v) is 1.79. The van der Waals surface area contributed by atoms with Crippen molar-refractivity contribution in [1.29, 1.82) is 0 Å². The molecule has 0 amide bonds. The van der Waals surface area contributed by atoms with Crippen molar-refractivity contribution in [2.75, 3.05) is 6.61 Å². The first-order chi connectivity index (χ1) is 8.22. The molecule has 2 rings (SSSR count). The molecule has 0 aliphatic heterocycles. The van der Waals surface area contributed by atoms with Crippen LogP contribution in [0, 0.1) is 5.92 Å². The summed E-state index contributed by atoms with van der Waals surface area (Å²) in [6, 6.07) is 3.84. The molecule has 0 bridgehead atoms. The molecule has 4 nitrogen and oxygen atoms in total. The summed E-state index contributed by atoms with van der Waals surface area (Å²) in [5, 5.41) is 9.39. The van der Waals surface area contributed by atoms with Crippen LogP contribution < -0.4 is 0 Å². The molecule has 0 radical (unpaired) electrons. The lowest BCUT2D eigenvalue weighted by Crippen LogP contribution is -2.14. The van der Waals surface area contributed by atoms with Crippen LogP contribution in [0.15, 0.2) is 30.7 Å². The minimum Gasteiger partial charge on any atom is -0.396 e.